The number of hydrogen-bond acceptors (Lipinski definition) is 8. The lowest BCUT2D eigenvalue weighted by Crippen LogP contribution is -2.25. The van der Waals surface area contributed by atoms with Crippen LogP contribution >= 0.6 is 0 Å². The van der Waals surface area contributed by atoms with Gasteiger partial charge in [0.25, 0.3) is 5.78 Å². The van der Waals surface area contributed by atoms with Crippen LogP contribution in [0, 0.1) is 0 Å². The Balaban J connectivity index is 2.30. The van der Waals surface area contributed by atoms with Crippen molar-refractivity contribution in [2.75, 3.05) is 0 Å². The smallest absolute Gasteiger partial charge is 0.287 e. The molecule has 0 radical (unpaired) electrons. The average Bonchev–Trinajstić information content (AvgIpc) is 2.95. The minimum atomic E-state index is -1.42. The fraction of sp³-hybridized carbons (Fsp3) is 0.333. The zero-order valence-corrected chi connectivity index (χ0v) is 6.92. The third-order valence-corrected chi connectivity index (χ3v) is 1.15. The zero-order chi connectivity index (χ0) is 10.7. The number of carbonyl (C=O) groups excluding carboxylic acids is 4. The van der Waals surface area contributed by atoms with Gasteiger partial charge in [0.2, 0.25) is 11.9 Å². The van der Waals surface area contributed by atoms with Crippen molar-refractivity contribution in [3.63, 3.8) is 0 Å². The molecule has 0 atom stereocenters. The summed E-state index contributed by atoms with van der Waals surface area (Å²) < 4.78 is 0. The van der Waals surface area contributed by atoms with Gasteiger partial charge in [0, 0.05) is 6.92 Å². The van der Waals surface area contributed by atoms with Crippen LogP contribution in [0.25, 0.3) is 0 Å². The maximum absolute atomic E-state index is 10.7. The van der Waals surface area contributed by atoms with E-state index >= 15 is 0 Å². The lowest BCUT2D eigenvalue weighted by Gasteiger charge is -1.97. The summed E-state index contributed by atoms with van der Waals surface area (Å²) >= 11 is 0. The van der Waals surface area contributed by atoms with Crippen molar-refractivity contribution in [2.45, 2.75) is 13.1 Å². The topological polar surface area (TPSA) is 111 Å². The first-order valence-electron chi connectivity index (χ1n) is 3.40. The summed E-state index contributed by atoms with van der Waals surface area (Å²) in [6.07, 6.45) is -1.06. The summed E-state index contributed by atoms with van der Waals surface area (Å²) in [7, 11) is 0. The Kier molecular flexibility index (Phi) is 2.65. The Morgan fingerprint density at radius 2 is 1.50 bits per heavy atom. The fourth-order valence-electron chi connectivity index (χ4n) is 0.419. The molecule has 14 heavy (non-hydrogen) atoms. The molecule has 1 rings (SSSR count). The van der Waals surface area contributed by atoms with E-state index in [2.05, 4.69) is 20.0 Å². The Bertz CT molecular complexity index is 340. The van der Waals surface area contributed by atoms with Crippen LogP contribution in [0.3, 0.4) is 0 Å². The van der Waals surface area contributed by atoms with Crippen LogP contribution in [0.2, 0.25) is 0 Å². The largest absolute Gasteiger partial charge is 0.426 e. The molecule has 0 aromatic rings. The standard InChI is InChI=1S/C6H4N2O6/c1-2(9)5(11)13-14-6(12)3(10)4-7-8-4/h4H,1H3. The molecule has 8 heteroatoms. The molecule has 74 valence electrons. The zero-order valence-electron chi connectivity index (χ0n) is 6.92. The molecule has 1 heterocycles. The molecule has 0 N–H and O–H groups in total. The second-order valence-electron chi connectivity index (χ2n) is 2.27. The minimum Gasteiger partial charge on any atom is -0.287 e. The maximum atomic E-state index is 10.7. The van der Waals surface area contributed by atoms with Gasteiger partial charge in [-0.3, -0.25) is 9.59 Å². The highest BCUT2D eigenvalue weighted by Gasteiger charge is 2.35. The fourth-order valence-corrected chi connectivity index (χ4v) is 0.419. The Hall–Kier alpha value is -2.12. The third kappa shape index (κ3) is 2.44. The van der Waals surface area contributed by atoms with Gasteiger partial charge in [0.15, 0.2) is 0 Å². The molecule has 0 amide bonds. The minimum absolute atomic E-state index is 0.920. The highest BCUT2D eigenvalue weighted by molar-refractivity contribution is 6.36. The summed E-state index contributed by atoms with van der Waals surface area (Å²) in [5, 5.41) is 6.31. The molecule has 0 spiro atoms. The Morgan fingerprint density at radius 1 is 1.00 bits per heavy atom. The molecular formula is C6H4N2O6. The summed E-state index contributed by atoms with van der Waals surface area (Å²) in [5.74, 6) is -4.79. The van der Waals surface area contributed by atoms with Gasteiger partial charge >= 0.3 is 11.9 Å². The van der Waals surface area contributed by atoms with E-state index in [1.54, 1.807) is 0 Å². The van der Waals surface area contributed by atoms with E-state index < -0.39 is 29.7 Å². The van der Waals surface area contributed by atoms with Gasteiger partial charge in [0.05, 0.1) is 0 Å². The van der Waals surface area contributed by atoms with E-state index in [1.165, 1.54) is 0 Å². The van der Waals surface area contributed by atoms with Gasteiger partial charge in [-0.15, -0.1) is 0 Å². The lowest BCUT2D eigenvalue weighted by atomic mass is 10.4. The van der Waals surface area contributed by atoms with Crippen LogP contribution < -0.4 is 0 Å². The first kappa shape index (κ1) is 9.96. The van der Waals surface area contributed by atoms with Crippen molar-refractivity contribution in [1.29, 1.82) is 0 Å². The molecule has 0 aromatic carbocycles. The van der Waals surface area contributed by atoms with Gasteiger partial charge in [0.1, 0.15) is 0 Å². The number of rotatable bonds is 3. The van der Waals surface area contributed by atoms with Gasteiger partial charge < -0.3 is 0 Å². The third-order valence-electron chi connectivity index (χ3n) is 1.15. The summed E-state index contributed by atoms with van der Waals surface area (Å²) in [6, 6.07) is 0. The van der Waals surface area contributed by atoms with Gasteiger partial charge in [-0.05, 0) is 0 Å². The Morgan fingerprint density at radius 3 is 1.93 bits per heavy atom. The first-order chi connectivity index (χ1) is 6.52. The maximum Gasteiger partial charge on any atom is 0.426 e. The number of carbonyl (C=O) groups is 4. The predicted octanol–water partition coefficient (Wildman–Crippen LogP) is -1.06. The highest BCUT2D eigenvalue weighted by atomic mass is 17.2. The SMILES string of the molecule is CC(=O)C(=O)OOC(=O)C(=O)C1N=N1. The van der Waals surface area contributed by atoms with Crippen LogP contribution in [0.15, 0.2) is 10.2 Å². The van der Waals surface area contributed by atoms with Crippen LogP contribution in [0.4, 0.5) is 0 Å². The molecule has 0 aliphatic carbocycles. The van der Waals surface area contributed by atoms with E-state index in [9.17, 15) is 19.2 Å². The van der Waals surface area contributed by atoms with Crippen molar-refractivity contribution < 1.29 is 29.0 Å². The highest BCUT2D eigenvalue weighted by Crippen LogP contribution is 2.11. The van der Waals surface area contributed by atoms with Crippen LogP contribution in [0.5, 0.6) is 0 Å². The van der Waals surface area contributed by atoms with Crippen LogP contribution in [0.1, 0.15) is 6.92 Å². The summed E-state index contributed by atoms with van der Waals surface area (Å²) in [5.41, 5.74) is 0. The molecule has 0 saturated heterocycles. The van der Waals surface area contributed by atoms with E-state index in [0.29, 0.717) is 0 Å². The lowest BCUT2D eigenvalue weighted by molar-refractivity contribution is -0.254. The van der Waals surface area contributed by atoms with Gasteiger partial charge in [-0.2, -0.15) is 10.2 Å². The normalized spacial score (nSPS) is 13.2. The molecule has 0 fully saturated rings. The van der Waals surface area contributed by atoms with Gasteiger partial charge in [-0.25, -0.2) is 19.4 Å². The monoisotopic (exact) mass is 200 g/mol. The van der Waals surface area contributed by atoms with E-state index in [0.717, 1.165) is 6.92 Å². The Labute approximate surface area is 76.8 Å². The molecule has 1 aliphatic heterocycles. The van der Waals surface area contributed by atoms with E-state index in [1.807, 2.05) is 0 Å². The number of nitrogens with zero attached hydrogens (tertiary/aromatic N) is 2. The first-order valence-corrected chi connectivity index (χ1v) is 3.40. The average molecular weight is 200 g/mol. The van der Waals surface area contributed by atoms with Crippen molar-refractivity contribution >= 4 is 23.5 Å². The van der Waals surface area contributed by atoms with E-state index in [4.69, 9.17) is 0 Å². The van der Waals surface area contributed by atoms with Crippen molar-refractivity contribution in [3.05, 3.63) is 0 Å². The number of Topliss-reactive ketones (excluding diaryl/α,β-unsaturated/α-hetero) is 2. The molecular weight excluding hydrogens is 196 g/mol. The molecule has 0 saturated carbocycles. The molecule has 0 bridgehead atoms. The number of hydrogen-bond donors (Lipinski definition) is 0. The van der Waals surface area contributed by atoms with Crippen LogP contribution in [-0.4, -0.2) is 29.7 Å². The summed E-state index contributed by atoms with van der Waals surface area (Å²) in [4.78, 5) is 49.6. The van der Waals surface area contributed by atoms with E-state index in [-0.39, 0.29) is 0 Å². The predicted molar refractivity (Wildman–Crippen MR) is 36.5 cm³/mol. The van der Waals surface area contributed by atoms with Gasteiger partial charge in [-0.1, -0.05) is 0 Å². The second kappa shape index (κ2) is 3.73. The molecule has 8 nitrogen and oxygen atoms in total. The van der Waals surface area contributed by atoms with Crippen molar-refractivity contribution in [2.24, 2.45) is 10.2 Å². The van der Waals surface area contributed by atoms with Crippen molar-refractivity contribution in [1.82, 2.24) is 0 Å². The molecule has 0 unspecified atom stereocenters. The summed E-state index contributed by atoms with van der Waals surface area (Å²) in [6.45, 7) is 0.920. The second-order valence-corrected chi connectivity index (χ2v) is 2.27. The molecule has 0 aromatic heterocycles. The number of ketones is 2. The van der Waals surface area contributed by atoms with Crippen LogP contribution in [-0.2, 0) is 29.0 Å². The molecule has 1 aliphatic rings. The van der Waals surface area contributed by atoms with Crippen molar-refractivity contribution in [3.8, 4) is 0 Å². The quantitative estimate of drug-likeness (QED) is 0.326.